The summed E-state index contributed by atoms with van der Waals surface area (Å²) in [5.41, 5.74) is 7.38. The van der Waals surface area contributed by atoms with E-state index in [-0.39, 0.29) is 23.5 Å². The minimum atomic E-state index is -1.04. The van der Waals surface area contributed by atoms with Crippen LogP contribution in [0.1, 0.15) is 30.9 Å². The van der Waals surface area contributed by atoms with Crippen LogP contribution in [0.15, 0.2) is 60.9 Å². The van der Waals surface area contributed by atoms with Crippen LogP contribution in [0, 0.1) is 5.41 Å². The highest BCUT2D eigenvalue weighted by Crippen LogP contribution is 2.26. The zero-order valence-corrected chi connectivity index (χ0v) is 18.9. The number of benzene rings is 2. The number of aliphatic hydroxyl groups excluding tert-OH is 1. The van der Waals surface area contributed by atoms with Crippen molar-refractivity contribution in [1.82, 2.24) is 14.9 Å². The van der Waals surface area contributed by atoms with Crippen molar-refractivity contribution >= 4 is 23.3 Å². The number of hydrogen-bond acceptors (Lipinski definition) is 8. The second-order valence-corrected chi connectivity index (χ2v) is 8.24. The number of rotatable bonds is 7. The zero-order chi connectivity index (χ0) is 24.1. The number of nitrogen functional groups attached to an aromatic ring is 1. The van der Waals surface area contributed by atoms with Gasteiger partial charge in [-0.25, -0.2) is 9.97 Å². The van der Waals surface area contributed by atoms with E-state index in [0.29, 0.717) is 35.8 Å². The Bertz CT molecular complexity index is 1150. The fourth-order valence-corrected chi connectivity index (χ4v) is 3.97. The maximum absolute atomic E-state index is 12.2. The summed E-state index contributed by atoms with van der Waals surface area (Å²) in [6.07, 6.45) is 1.94. The van der Waals surface area contributed by atoms with Gasteiger partial charge in [0.1, 0.15) is 35.6 Å². The third kappa shape index (κ3) is 5.32. The van der Waals surface area contributed by atoms with Crippen molar-refractivity contribution in [2.75, 3.05) is 24.1 Å². The predicted molar refractivity (Wildman–Crippen MR) is 130 cm³/mol. The number of amides is 1. The number of hydrogen-bond donors (Lipinski definition) is 4. The molecule has 1 aliphatic heterocycles. The third-order valence-corrected chi connectivity index (χ3v) is 5.68. The Labute approximate surface area is 198 Å². The molecule has 2 atom stereocenters. The first-order valence-corrected chi connectivity index (χ1v) is 11.2. The highest BCUT2D eigenvalue weighted by molar-refractivity contribution is 6.16. The van der Waals surface area contributed by atoms with Gasteiger partial charge in [0, 0.05) is 24.7 Å². The lowest BCUT2D eigenvalue weighted by atomic mass is 10.0. The largest absolute Gasteiger partial charge is 0.457 e. The molecule has 3 aromatic rings. The molecule has 4 rings (SSSR count). The minimum Gasteiger partial charge on any atom is -0.457 e. The molecule has 9 nitrogen and oxygen atoms in total. The second-order valence-electron chi connectivity index (χ2n) is 8.24. The number of piperidine rings is 1. The van der Waals surface area contributed by atoms with Gasteiger partial charge in [0.05, 0.1) is 11.3 Å². The van der Waals surface area contributed by atoms with Crippen molar-refractivity contribution in [1.29, 1.82) is 5.41 Å². The van der Waals surface area contributed by atoms with Gasteiger partial charge in [-0.05, 0) is 56.2 Å². The highest BCUT2D eigenvalue weighted by atomic mass is 16.5. The van der Waals surface area contributed by atoms with E-state index in [0.717, 1.165) is 18.6 Å². The number of carbonyl (C=O) groups excluding carboxylic acids is 1. The van der Waals surface area contributed by atoms with E-state index in [1.165, 1.54) is 13.3 Å². The van der Waals surface area contributed by atoms with E-state index in [9.17, 15) is 9.90 Å². The van der Waals surface area contributed by atoms with Crippen LogP contribution in [-0.4, -0.2) is 56.8 Å². The van der Waals surface area contributed by atoms with Crippen molar-refractivity contribution in [2.45, 2.75) is 31.9 Å². The molecule has 1 aromatic heterocycles. The van der Waals surface area contributed by atoms with Crippen molar-refractivity contribution in [2.24, 2.45) is 0 Å². The number of carbonyl (C=O) groups is 1. The molecule has 1 amide bonds. The minimum absolute atomic E-state index is 0.0843. The lowest BCUT2D eigenvalue weighted by molar-refractivity contribution is -0.140. The monoisotopic (exact) mass is 460 g/mol. The number of likely N-dealkylation sites (tertiary alicyclic amines) is 1. The molecule has 1 saturated heterocycles. The van der Waals surface area contributed by atoms with Gasteiger partial charge in [0.25, 0.3) is 5.91 Å². The first-order chi connectivity index (χ1) is 16.4. The van der Waals surface area contributed by atoms with Crippen molar-refractivity contribution < 1.29 is 14.6 Å². The van der Waals surface area contributed by atoms with Gasteiger partial charge in [-0.2, -0.15) is 0 Å². The van der Waals surface area contributed by atoms with Gasteiger partial charge in [0.2, 0.25) is 0 Å². The first-order valence-electron chi connectivity index (χ1n) is 11.2. The summed E-state index contributed by atoms with van der Waals surface area (Å²) in [5.74, 6) is 1.73. The average molecular weight is 461 g/mol. The van der Waals surface area contributed by atoms with E-state index in [2.05, 4.69) is 15.3 Å². The van der Waals surface area contributed by atoms with Gasteiger partial charge >= 0.3 is 0 Å². The molecule has 1 fully saturated rings. The number of anilines is 2. The summed E-state index contributed by atoms with van der Waals surface area (Å²) < 4.78 is 5.83. The number of nitrogens with zero attached hydrogens (tertiary/aromatic N) is 3. The molecule has 2 aromatic carbocycles. The number of nitrogens with one attached hydrogen (secondary N) is 2. The van der Waals surface area contributed by atoms with Crippen molar-refractivity contribution in [3.8, 4) is 11.5 Å². The van der Waals surface area contributed by atoms with Crippen LogP contribution < -0.4 is 15.8 Å². The van der Waals surface area contributed by atoms with E-state index >= 15 is 0 Å². The summed E-state index contributed by atoms with van der Waals surface area (Å²) in [6.45, 7) is 2.51. The summed E-state index contributed by atoms with van der Waals surface area (Å²) in [6, 6.07) is 16.6. The standard InChI is InChI=1S/C25H28N6O3/c1-16(32)25(33)31-13-5-6-18(14-31)30-24-21(23(27)28-15-29-24)22(26)17-9-11-20(12-10-17)34-19-7-3-2-4-8-19/h2-4,7-12,15-16,18,26,32H,5-6,13-14H2,1H3,(H3,27,28,29,30). The van der Waals surface area contributed by atoms with E-state index in [1.807, 2.05) is 30.3 Å². The molecule has 5 N–H and O–H groups in total. The Hall–Kier alpha value is -3.98. The molecule has 0 saturated carbocycles. The van der Waals surface area contributed by atoms with E-state index in [4.69, 9.17) is 15.9 Å². The van der Waals surface area contributed by atoms with Crippen LogP contribution in [0.5, 0.6) is 11.5 Å². The quantitative estimate of drug-likeness (QED) is 0.398. The Kier molecular flexibility index (Phi) is 7.03. The van der Waals surface area contributed by atoms with Crippen LogP contribution in [0.2, 0.25) is 0 Å². The maximum atomic E-state index is 12.2. The summed E-state index contributed by atoms with van der Waals surface area (Å²) >= 11 is 0. The predicted octanol–water partition coefficient (Wildman–Crippen LogP) is 3.05. The molecule has 176 valence electrons. The molecule has 0 radical (unpaired) electrons. The molecule has 0 spiro atoms. The summed E-state index contributed by atoms with van der Waals surface area (Å²) in [7, 11) is 0. The third-order valence-electron chi connectivity index (χ3n) is 5.68. The van der Waals surface area contributed by atoms with Gasteiger partial charge in [-0.15, -0.1) is 0 Å². The first kappa shape index (κ1) is 23.2. The maximum Gasteiger partial charge on any atom is 0.251 e. The van der Waals surface area contributed by atoms with Crippen LogP contribution in [-0.2, 0) is 4.79 Å². The molecule has 0 aliphatic carbocycles. The van der Waals surface area contributed by atoms with Gasteiger partial charge in [-0.3, -0.25) is 10.2 Å². The van der Waals surface area contributed by atoms with Crippen molar-refractivity contribution in [3.63, 3.8) is 0 Å². The zero-order valence-electron chi connectivity index (χ0n) is 18.9. The highest BCUT2D eigenvalue weighted by Gasteiger charge is 2.27. The van der Waals surface area contributed by atoms with Crippen LogP contribution in [0.3, 0.4) is 0 Å². The summed E-state index contributed by atoms with van der Waals surface area (Å²) in [5, 5.41) is 21.8. The van der Waals surface area contributed by atoms with Gasteiger partial charge in [0.15, 0.2) is 0 Å². The normalized spacial score (nSPS) is 16.5. The molecule has 1 aliphatic rings. The molecule has 2 unspecified atom stereocenters. The fraction of sp³-hybridized carbons (Fsp3) is 0.280. The Balaban J connectivity index is 1.51. The van der Waals surface area contributed by atoms with Crippen molar-refractivity contribution in [3.05, 3.63) is 72.1 Å². The SMILES string of the molecule is CC(O)C(=O)N1CCCC(Nc2ncnc(N)c2C(=N)c2ccc(Oc3ccccc3)cc2)C1. The fourth-order valence-electron chi connectivity index (χ4n) is 3.97. The van der Waals surface area contributed by atoms with E-state index in [1.54, 1.807) is 29.2 Å². The topological polar surface area (TPSA) is 137 Å². The van der Waals surface area contributed by atoms with Crippen LogP contribution >= 0.6 is 0 Å². The molecule has 0 bridgehead atoms. The van der Waals surface area contributed by atoms with E-state index < -0.39 is 6.10 Å². The number of ether oxygens (including phenoxy) is 1. The number of aliphatic hydroxyl groups is 1. The molecule has 9 heteroatoms. The summed E-state index contributed by atoms with van der Waals surface area (Å²) in [4.78, 5) is 22.3. The second kappa shape index (κ2) is 10.3. The van der Waals surface area contributed by atoms with Gasteiger partial charge < -0.3 is 25.8 Å². The lowest BCUT2D eigenvalue weighted by Crippen LogP contribution is -2.48. The Morgan fingerprint density at radius 2 is 1.88 bits per heavy atom. The molecule has 2 heterocycles. The smallest absolute Gasteiger partial charge is 0.251 e. The number of aromatic nitrogens is 2. The van der Waals surface area contributed by atoms with Crippen LogP contribution in [0.25, 0.3) is 0 Å². The molecule has 34 heavy (non-hydrogen) atoms. The Morgan fingerprint density at radius 3 is 2.59 bits per heavy atom. The molecular weight excluding hydrogens is 432 g/mol. The van der Waals surface area contributed by atoms with Crippen LogP contribution in [0.4, 0.5) is 11.6 Å². The number of para-hydroxylation sites is 1. The average Bonchev–Trinajstić information content (AvgIpc) is 2.84. The molecular formula is C25H28N6O3. The lowest BCUT2D eigenvalue weighted by Gasteiger charge is -2.34. The Morgan fingerprint density at radius 1 is 1.18 bits per heavy atom. The van der Waals surface area contributed by atoms with Gasteiger partial charge in [-0.1, -0.05) is 18.2 Å². The number of nitrogens with two attached hydrogens (primary N) is 1.